The summed E-state index contributed by atoms with van der Waals surface area (Å²) in [4.78, 5) is 22.2. The van der Waals surface area contributed by atoms with E-state index in [2.05, 4.69) is 0 Å². The Kier molecular flexibility index (Phi) is 3.85. The molecular formula is C10H7ClF2N2O5S. The maximum absolute atomic E-state index is 13.8. The van der Waals surface area contributed by atoms with Crippen molar-refractivity contribution < 1.29 is 26.9 Å². The first-order chi connectivity index (χ1) is 9.61. The summed E-state index contributed by atoms with van der Waals surface area (Å²) in [6, 6.07) is 0.826. The van der Waals surface area contributed by atoms with Gasteiger partial charge in [-0.3, -0.25) is 14.9 Å². The van der Waals surface area contributed by atoms with E-state index in [1.807, 2.05) is 0 Å². The molecule has 1 saturated heterocycles. The number of halogens is 3. The van der Waals surface area contributed by atoms with E-state index in [9.17, 15) is 32.1 Å². The third kappa shape index (κ3) is 2.95. The molecule has 1 amide bonds. The molecule has 1 aromatic carbocycles. The second kappa shape index (κ2) is 5.19. The van der Waals surface area contributed by atoms with Gasteiger partial charge in [0.25, 0.3) is 5.69 Å². The maximum Gasteiger partial charge on any atom is 0.298 e. The highest BCUT2D eigenvalue weighted by molar-refractivity contribution is 8.14. The average Bonchev–Trinajstić information content (AvgIpc) is 2.70. The molecule has 1 aliphatic heterocycles. The summed E-state index contributed by atoms with van der Waals surface area (Å²) >= 11 is 0. The molecular weight excluding hydrogens is 334 g/mol. The Morgan fingerprint density at radius 2 is 2.00 bits per heavy atom. The Balaban J connectivity index is 2.53. The zero-order chi connectivity index (χ0) is 15.9. The van der Waals surface area contributed by atoms with Crippen LogP contribution >= 0.6 is 10.7 Å². The zero-order valence-electron chi connectivity index (χ0n) is 10.1. The van der Waals surface area contributed by atoms with E-state index in [1.165, 1.54) is 0 Å². The average molecular weight is 341 g/mol. The van der Waals surface area contributed by atoms with Crippen molar-refractivity contribution in [3.63, 3.8) is 0 Å². The highest BCUT2D eigenvalue weighted by atomic mass is 35.7. The Morgan fingerprint density at radius 1 is 1.38 bits per heavy atom. The van der Waals surface area contributed by atoms with Crippen LogP contribution in [0.4, 0.5) is 20.2 Å². The number of hydrogen-bond acceptors (Lipinski definition) is 5. The molecule has 0 saturated carbocycles. The maximum atomic E-state index is 13.8. The van der Waals surface area contributed by atoms with E-state index in [1.54, 1.807) is 0 Å². The van der Waals surface area contributed by atoms with Crippen molar-refractivity contribution in [3.05, 3.63) is 33.9 Å². The normalized spacial score (nSPS) is 19.1. The number of nitro groups is 1. The van der Waals surface area contributed by atoms with Crippen LogP contribution in [-0.4, -0.2) is 31.0 Å². The van der Waals surface area contributed by atoms with Crippen LogP contribution in [0, 0.1) is 21.7 Å². The molecule has 1 atom stereocenters. The van der Waals surface area contributed by atoms with Crippen LogP contribution in [0.2, 0.25) is 0 Å². The molecule has 1 aromatic rings. The van der Waals surface area contributed by atoms with E-state index in [0.717, 1.165) is 0 Å². The van der Waals surface area contributed by atoms with Crippen molar-refractivity contribution in [2.75, 3.05) is 11.4 Å². The summed E-state index contributed by atoms with van der Waals surface area (Å²) in [7, 11) is 1.04. The number of amides is 1. The molecule has 2 rings (SSSR count). The first kappa shape index (κ1) is 15.6. The molecule has 1 unspecified atom stereocenters. The number of nitrogens with zero attached hydrogens (tertiary/aromatic N) is 2. The van der Waals surface area contributed by atoms with Gasteiger partial charge in [0.15, 0.2) is 11.5 Å². The molecule has 0 aliphatic carbocycles. The SMILES string of the molecule is O=C1CC(S(=O)(=O)Cl)CN1c1c(F)cc(F)cc1[N+](=O)[O-]. The minimum Gasteiger partial charge on any atom is -0.303 e. The monoisotopic (exact) mass is 340 g/mol. The Morgan fingerprint density at radius 3 is 2.48 bits per heavy atom. The third-order valence-electron chi connectivity index (χ3n) is 2.96. The Bertz CT molecular complexity index is 739. The molecule has 0 N–H and O–H groups in total. The van der Waals surface area contributed by atoms with Crippen LogP contribution in [0.3, 0.4) is 0 Å². The molecule has 21 heavy (non-hydrogen) atoms. The van der Waals surface area contributed by atoms with Gasteiger partial charge in [-0.15, -0.1) is 0 Å². The minimum absolute atomic E-state index is 0.373. The lowest BCUT2D eigenvalue weighted by molar-refractivity contribution is -0.384. The summed E-state index contributed by atoms with van der Waals surface area (Å²) in [5.74, 6) is -3.36. The van der Waals surface area contributed by atoms with E-state index < -0.39 is 61.1 Å². The van der Waals surface area contributed by atoms with Crippen LogP contribution in [0.25, 0.3) is 0 Å². The summed E-state index contributed by atoms with van der Waals surface area (Å²) in [5, 5.41) is 9.55. The van der Waals surface area contributed by atoms with Crippen LogP contribution < -0.4 is 4.90 Å². The fraction of sp³-hybridized carbons (Fsp3) is 0.300. The smallest absolute Gasteiger partial charge is 0.298 e. The quantitative estimate of drug-likeness (QED) is 0.472. The van der Waals surface area contributed by atoms with Gasteiger partial charge < -0.3 is 4.90 Å². The van der Waals surface area contributed by atoms with Crippen LogP contribution in [0.15, 0.2) is 12.1 Å². The number of nitro benzene ring substituents is 1. The van der Waals surface area contributed by atoms with Crippen molar-refractivity contribution in [1.29, 1.82) is 0 Å². The van der Waals surface area contributed by atoms with Gasteiger partial charge in [-0.05, 0) is 0 Å². The molecule has 0 bridgehead atoms. The molecule has 11 heteroatoms. The van der Waals surface area contributed by atoms with Gasteiger partial charge in [-0.25, -0.2) is 17.2 Å². The molecule has 1 fully saturated rings. The van der Waals surface area contributed by atoms with E-state index in [0.29, 0.717) is 17.0 Å². The van der Waals surface area contributed by atoms with Crippen LogP contribution in [0.1, 0.15) is 6.42 Å². The van der Waals surface area contributed by atoms with Crippen molar-refractivity contribution in [3.8, 4) is 0 Å². The molecule has 0 spiro atoms. The zero-order valence-corrected chi connectivity index (χ0v) is 11.7. The number of benzene rings is 1. The molecule has 0 aromatic heterocycles. The van der Waals surface area contributed by atoms with E-state index in [-0.39, 0.29) is 0 Å². The molecule has 7 nitrogen and oxygen atoms in total. The van der Waals surface area contributed by atoms with Crippen molar-refractivity contribution >= 4 is 37.0 Å². The lowest BCUT2D eigenvalue weighted by Gasteiger charge is -2.17. The molecule has 1 aliphatic rings. The van der Waals surface area contributed by atoms with Gasteiger partial charge in [0.05, 0.1) is 11.0 Å². The fourth-order valence-corrected chi connectivity index (χ4v) is 3.07. The standard InChI is InChI=1S/C10H7ClF2N2O5S/c11-21(19,20)6-3-9(16)14(4-6)10-7(13)1-5(12)2-8(10)15(17)18/h1-2,6H,3-4H2. The second-order valence-electron chi connectivity index (χ2n) is 4.32. The summed E-state index contributed by atoms with van der Waals surface area (Å²) in [5.41, 5.74) is -1.73. The van der Waals surface area contributed by atoms with Gasteiger partial charge in [-0.2, -0.15) is 0 Å². The van der Waals surface area contributed by atoms with Crippen molar-refractivity contribution in [2.45, 2.75) is 11.7 Å². The third-order valence-corrected chi connectivity index (χ3v) is 4.83. The van der Waals surface area contributed by atoms with Crippen molar-refractivity contribution in [2.24, 2.45) is 0 Å². The number of carbonyl (C=O) groups is 1. The number of hydrogen-bond donors (Lipinski definition) is 0. The number of rotatable bonds is 3. The second-order valence-corrected chi connectivity index (χ2v) is 7.23. The van der Waals surface area contributed by atoms with Crippen LogP contribution in [-0.2, 0) is 13.8 Å². The summed E-state index contributed by atoms with van der Waals surface area (Å²) < 4.78 is 49.3. The topological polar surface area (TPSA) is 97.6 Å². The largest absolute Gasteiger partial charge is 0.303 e. The highest BCUT2D eigenvalue weighted by Crippen LogP contribution is 2.36. The van der Waals surface area contributed by atoms with Gasteiger partial charge in [-0.1, -0.05) is 0 Å². The lowest BCUT2D eigenvalue weighted by Crippen LogP contribution is -2.28. The van der Waals surface area contributed by atoms with Gasteiger partial charge in [0.2, 0.25) is 15.0 Å². The first-order valence-corrected chi connectivity index (χ1v) is 7.85. The van der Waals surface area contributed by atoms with Crippen molar-refractivity contribution in [1.82, 2.24) is 0 Å². The van der Waals surface area contributed by atoms with E-state index >= 15 is 0 Å². The summed E-state index contributed by atoms with van der Waals surface area (Å²) in [6.07, 6.45) is -0.528. The predicted octanol–water partition coefficient (Wildman–Crippen LogP) is 1.55. The first-order valence-electron chi connectivity index (χ1n) is 5.48. The minimum atomic E-state index is -4.09. The van der Waals surface area contributed by atoms with Crippen LogP contribution in [0.5, 0.6) is 0 Å². The summed E-state index contributed by atoms with van der Waals surface area (Å²) in [6.45, 7) is -0.534. The molecule has 114 valence electrons. The number of anilines is 1. The van der Waals surface area contributed by atoms with Gasteiger partial charge >= 0.3 is 0 Å². The highest BCUT2D eigenvalue weighted by Gasteiger charge is 2.41. The van der Waals surface area contributed by atoms with E-state index in [4.69, 9.17) is 10.7 Å². The molecule has 0 radical (unpaired) electrons. The number of carbonyl (C=O) groups excluding carboxylic acids is 1. The fourth-order valence-electron chi connectivity index (χ4n) is 2.04. The Labute approximate surface area is 121 Å². The molecule has 1 heterocycles. The lowest BCUT2D eigenvalue weighted by atomic mass is 10.2. The predicted molar refractivity (Wildman–Crippen MR) is 68.5 cm³/mol. The Hall–Kier alpha value is -1.81. The van der Waals surface area contributed by atoms with Gasteiger partial charge in [0.1, 0.15) is 11.1 Å². The van der Waals surface area contributed by atoms with Gasteiger partial charge in [0, 0.05) is 29.7 Å².